The highest BCUT2D eigenvalue weighted by molar-refractivity contribution is 5.97. The van der Waals surface area contributed by atoms with Gasteiger partial charge in [0.2, 0.25) is 5.91 Å². The van der Waals surface area contributed by atoms with Gasteiger partial charge in [-0.05, 0) is 43.9 Å². The first-order valence-corrected chi connectivity index (χ1v) is 7.33. The summed E-state index contributed by atoms with van der Waals surface area (Å²) < 4.78 is 4.97. The number of ether oxygens (including phenoxy) is 1. The molecule has 1 saturated heterocycles. The number of nitro benzene ring substituents is 1. The summed E-state index contributed by atoms with van der Waals surface area (Å²) in [6.07, 6.45) is 4.92. The van der Waals surface area contributed by atoms with Gasteiger partial charge in [-0.1, -0.05) is 6.07 Å². The molecule has 2 rings (SSSR count). The first-order valence-electron chi connectivity index (χ1n) is 7.33. The lowest BCUT2D eigenvalue weighted by atomic mass is 10.1. The Labute approximate surface area is 129 Å². The molecular formula is C16H20N2O4. The van der Waals surface area contributed by atoms with E-state index in [1.807, 2.05) is 4.90 Å². The van der Waals surface area contributed by atoms with Crippen molar-refractivity contribution < 1.29 is 14.5 Å². The van der Waals surface area contributed by atoms with Gasteiger partial charge in [-0.3, -0.25) is 14.9 Å². The Morgan fingerprint density at radius 1 is 1.32 bits per heavy atom. The molecule has 1 fully saturated rings. The highest BCUT2D eigenvalue weighted by Crippen LogP contribution is 2.28. The van der Waals surface area contributed by atoms with Crippen LogP contribution >= 0.6 is 0 Å². The van der Waals surface area contributed by atoms with Crippen LogP contribution in [0.25, 0.3) is 6.08 Å². The second-order valence-electron chi connectivity index (χ2n) is 5.37. The lowest BCUT2D eigenvalue weighted by Crippen LogP contribution is -2.36. The van der Waals surface area contributed by atoms with E-state index in [2.05, 4.69) is 0 Å². The maximum Gasteiger partial charge on any atom is 0.311 e. The third-order valence-electron chi connectivity index (χ3n) is 3.76. The van der Waals surface area contributed by atoms with E-state index < -0.39 is 4.92 Å². The number of hydrogen-bond donors (Lipinski definition) is 0. The van der Waals surface area contributed by atoms with Crippen LogP contribution in [0.2, 0.25) is 0 Å². The highest BCUT2D eigenvalue weighted by atomic mass is 16.6. The fourth-order valence-electron chi connectivity index (χ4n) is 2.60. The summed E-state index contributed by atoms with van der Waals surface area (Å²) in [4.78, 5) is 24.7. The number of likely N-dealkylation sites (tertiary alicyclic amines) is 1. The van der Waals surface area contributed by atoms with Gasteiger partial charge in [0.1, 0.15) is 0 Å². The Bertz CT molecular complexity index is 604. The SMILES string of the molecule is COc1ccc(/C=C(\C)C(=O)N2CCCCC2)cc1[N+](=O)[O-]. The summed E-state index contributed by atoms with van der Waals surface area (Å²) in [5.41, 5.74) is 1.10. The molecule has 118 valence electrons. The van der Waals surface area contributed by atoms with Crippen LogP contribution in [0, 0.1) is 10.1 Å². The number of methoxy groups -OCH3 is 1. The molecule has 0 radical (unpaired) electrons. The van der Waals surface area contributed by atoms with E-state index in [9.17, 15) is 14.9 Å². The zero-order valence-electron chi connectivity index (χ0n) is 12.9. The molecule has 1 amide bonds. The standard InChI is InChI=1S/C16H20N2O4/c1-12(16(19)17-8-4-3-5-9-17)10-13-6-7-15(22-2)14(11-13)18(20)21/h6-7,10-11H,3-5,8-9H2,1-2H3/b12-10+. The van der Waals surface area contributed by atoms with E-state index in [1.165, 1.54) is 13.2 Å². The largest absolute Gasteiger partial charge is 0.490 e. The van der Waals surface area contributed by atoms with E-state index in [0.29, 0.717) is 11.1 Å². The number of carbonyl (C=O) groups is 1. The molecule has 0 aromatic heterocycles. The van der Waals surface area contributed by atoms with Crippen molar-refractivity contribution in [3.63, 3.8) is 0 Å². The molecule has 1 aromatic carbocycles. The van der Waals surface area contributed by atoms with Crippen molar-refractivity contribution in [3.05, 3.63) is 39.4 Å². The minimum atomic E-state index is -0.488. The summed E-state index contributed by atoms with van der Waals surface area (Å²) in [7, 11) is 1.39. The number of nitrogens with zero attached hydrogens (tertiary/aromatic N) is 2. The molecule has 0 N–H and O–H groups in total. The molecular weight excluding hydrogens is 284 g/mol. The maximum absolute atomic E-state index is 12.3. The number of amides is 1. The summed E-state index contributed by atoms with van der Waals surface area (Å²) >= 11 is 0. The van der Waals surface area contributed by atoms with Crippen LogP contribution in [0.15, 0.2) is 23.8 Å². The summed E-state index contributed by atoms with van der Waals surface area (Å²) in [5.74, 6) is 0.209. The van der Waals surface area contributed by atoms with Gasteiger partial charge in [0, 0.05) is 24.7 Å². The van der Waals surface area contributed by atoms with Crippen molar-refractivity contribution >= 4 is 17.7 Å². The van der Waals surface area contributed by atoms with Gasteiger partial charge in [0.15, 0.2) is 5.75 Å². The van der Waals surface area contributed by atoms with Gasteiger partial charge >= 0.3 is 5.69 Å². The molecule has 1 aliphatic rings. The van der Waals surface area contributed by atoms with Crippen molar-refractivity contribution in [2.45, 2.75) is 26.2 Å². The highest BCUT2D eigenvalue weighted by Gasteiger charge is 2.19. The van der Waals surface area contributed by atoms with E-state index >= 15 is 0 Å². The van der Waals surface area contributed by atoms with Crippen LogP contribution in [0.4, 0.5) is 5.69 Å². The van der Waals surface area contributed by atoms with Crippen LogP contribution < -0.4 is 4.74 Å². The number of piperidine rings is 1. The van der Waals surface area contributed by atoms with Gasteiger partial charge in [-0.25, -0.2) is 0 Å². The maximum atomic E-state index is 12.3. The molecule has 0 unspecified atom stereocenters. The first-order chi connectivity index (χ1) is 10.5. The van der Waals surface area contributed by atoms with Gasteiger partial charge in [-0.15, -0.1) is 0 Å². The summed E-state index contributed by atoms with van der Waals surface area (Å²) in [6, 6.07) is 4.67. The summed E-state index contributed by atoms with van der Waals surface area (Å²) in [5, 5.41) is 11.0. The smallest absolute Gasteiger partial charge is 0.311 e. The number of carbonyl (C=O) groups excluding carboxylic acids is 1. The molecule has 0 spiro atoms. The van der Waals surface area contributed by atoms with E-state index in [4.69, 9.17) is 4.74 Å². The zero-order valence-corrected chi connectivity index (χ0v) is 12.9. The second-order valence-corrected chi connectivity index (χ2v) is 5.37. The van der Waals surface area contributed by atoms with Crippen molar-refractivity contribution in [1.82, 2.24) is 4.90 Å². The van der Waals surface area contributed by atoms with Crippen molar-refractivity contribution in [2.24, 2.45) is 0 Å². The number of benzene rings is 1. The summed E-state index contributed by atoms with van der Waals surface area (Å²) in [6.45, 7) is 3.31. The Balaban J connectivity index is 2.22. The van der Waals surface area contributed by atoms with Crippen LogP contribution in [0.1, 0.15) is 31.7 Å². The van der Waals surface area contributed by atoms with Gasteiger partial charge in [0.05, 0.1) is 12.0 Å². The minimum absolute atomic E-state index is 0.00169. The average molecular weight is 304 g/mol. The Kier molecular flexibility index (Phi) is 5.14. The van der Waals surface area contributed by atoms with E-state index in [0.717, 1.165) is 32.4 Å². The predicted octanol–water partition coefficient (Wildman–Crippen LogP) is 3.02. The molecule has 6 nitrogen and oxygen atoms in total. The molecule has 6 heteroatoms. The molecule has 0 atom stereocenters. The molecule has 0 aliphatic carbocycles. The fraction of sp³-hybridized carbons (Fsp3) is 0.438. The molecule has 1 heterocycles. The predicted molar refractivity (Wildman–Crippen MR) is 83.7 cm³/mol. The Morgan fingerprint density at radius 2 is 2.00 bits per heavy atom. The lowest BCUT2D eigenvalue weighted by Gasteiger charge is -2.27. The van der Waals surface area contributed by atoms with Crippen molar-refractivity contribution in [3.8, 4) is 5.75 Å². The molecule has 22 heavy (non-hydrogen) atoms. The normalized spacial score (nSPS) is 15.5. The van der Waals surface area contributed by atoms with E-state index in [-0.39, 0.29) is 17.3 Å². The lowest BCUT2D eigenvalue weighted by molar-refractivity contribution is -0.385. The number of nitro groups is 1. The van der Waals surface area contributed by atoms with Gasteiger partial charge < -0.3 is 9.64 Å². The van der Waals surface area contributed by atoms with Crippen LogP contribution in [0.5, 0.6) is 5.75 Å². The Hall–Kier alpha value is -2.37. The molecule has 1 aromatic rings. The monoisotopic (exact) mass is 304 g/mol. The fourth-order valence-corrected chi connectivity index (χ4v) is 2.60. The molecule has 1 aliphatic heterocycles. The van der Waals surface area contributed by atoms with Crippen LogP contribution in [-0.4, -0.2) is 35.9 Å². The quantitative estimate of drug-likeness (QED) is 0.487. The van der Waals surface area contributed by atoms with Gasteiger partial charge in [0.25, 0.3) is 0 Å². The van der Waals surface area contributed by atoms with Crippen molar-refractivity contribution in [2.75, 3.05) is 20.2 Å². The third-order valence-corrected chi connectivity index (χ3v) is 3.76. The second kappa shape index (κ2) is 7.06. The molecule has 0 saturated carbocycles. The van der Waals surface area contributed by atoms with Crippen LogP contribution in [0.3, 0.4) is 0 Å². The van der Waals surface area contributed by atoms with Gasteiger partial charge in [-0.2, -0.15) is 0 Å². The third kappa shape index (κ3) is 3.63. The minimum Gasteiger partial charge on any atom is -0.490 e. The Morgan fingerprint density at radius 3 is 2.59 bits per heavy atom. The average Bonchev–Trinajstić information content (AvgIpc) is 2.54. The number of hydrogen-bond acceptors (Lipinski definition) is 4. The topological polar surface area (TPSA) is 72.7 Å². The van der Waals surface area contributed by atoms with Crippen molar-refractivity contribution in [1.29, 1.82) is 0 Å². The zero-order chi connectivity index (χ0) is 16.1. The first kappa shape index (κ1) is 16.0. The van der Waals surface area contributed by atoms with Crippen LogP contribution in [-0.2, 0) is 4.79 Å². The number of rotatable bonds is 4. The molecule has 0 bridgehead atoms. The van der Waals surface area contributed by atoms with E-state index in [1.54, 1.807) is 25.1 Å².